The normalized spacial score (nSPS) is 16.6. The zero-order valence-corrected chi connectivity index (χ0v) is 16.6. The molecule has 0 spiro atoms. The third-order valence-corrected chi connectivity index (χ3v) is 4.95. The summed E-state index contributed by atoms with van der Waals surface area (Å²) in [5, 5.41) is 3.29. The molecular weight excluding hydrogens is 350 g/mol. The molecule has 148 valence electrons. The summed E-state index contributed by atoms with van der Waals surface area (Å²) < 4.78 is 6.03. The second kappa shape index (κ2) is 9.88. The second-order valence-electron chi connectivity index (χ2n) is 7.17. The Morgan fingerprint density at radius 3 is 2.86 bits per heavy atom. The number of nitrogens with zero attached hydrogens (tertiary/aromatic N) is 3. The largest absolute Gasteiger partial charge is 0.484 e. The van der Waals surface area contributed by atoms with Crippen LogP contribution in [-0.2, 0) is 0 Å². The molecule has 0 fully saturated rings. The highest BCUT2D eigenvalue weighted by Crippen LogP contribution is 2.30. The molecule has 0 bridgehead atoms. The average molecular weight is 380 g/mol. The number of nitrogens with two attached hydrogens (primary N) is 1. The van der Waals surface area contributed by atoms with Gasteiger partial charge in [-0.25, -0.2) is 4.98 Å². The van der Waals surface area contributed by atoms with E-state index in [2.05, 4.69) is 58.4 Å². The van der Waals surface area contributed by atoms with Crippen LogP contribution in [0.3, 0.4) is 0 Å². The topological polar surface area (TPSA) is 85.4 Å². The molecule has 2 atom stereocenters. The molecule has 6 nitrogen and oxygen atoms in total. The summed E-state index contributed by atoms with van der Waals surface area (Å²) in [5.41, 5.74) is 8.24. The Balaban J connectivity index is 1.59. The van der Waals surface area contributed by atoms with Gasteiger partial charge in [0.25, 0.3) is 0 Å². The van der Waals surface area contributed by atoms with E-state index in [1.54, 1.807) is 6.20 Å². The third kappa shape index (κ3) is 5.31. The summed E-state index contributed by atoms with van der Waals surface area (Å²) in [6.07, 6.45) is 8.72. The van der Waals surface area contributed by atoms with Gasteiger partial charge in [0.05, 0.1) is 6.20 Å². The van der Waals surface area contributed by atoms with Gasteiger partial charge < -0.3 is 15.8 Å². The van der Waals surface area contributed by atoms with Gasteiger partial charge in [0.2, 0.25) is 5.95 Å². The van der Waals surface area contributed by atoms with Gasteiger partial charge in [-0.15, -0.1) is 0 Å². The molecule has 1 aromatic heterocycles. The van der Waals surface area contributed by atoms with Crippen LogP contribution in [0.1, 0.15) is 44.6 Å². The number of hydrogen-bond donors (Lipinski definition) is 2. The fraction of sp³-hybridized carbons (Fsp3) is 0.409. The van der Waals surface area contributed by atoms with Gasteiger partial charge in [-0.3, -0.25) is 4.99 Å². The average Bonchev–Trinajstić information content (AvgIpc) is 3.15. The molecule has 3 N–H and O–H groups in total. The van der Waals surface area contributed by atoms with Gasteiger partial charge in [-0.2, -0.15) is 4.98 Å². The summed E-state index contributed by atoms with van der Waals surface area (Å²) in [6, 6.07) is 10.6. The quantitative estimate of drug-likeness (QED) is 0.597. The van der Waals surface area contributed by atoms with Crippen molar-refractivity contribution in [1.82, 2.24) is 9.97 Å². The van der Waals surface area contributed by atoms with Crippen molar-refractivity contribution in [2.24, 2.45) is 10.9 Å². The van der Waals surface area contributed by atoms with E-state index < -0.39 is 0 Å². The Hall–Kier alpha value is -2.89. The summed E-state index contributed by atoms with van der Waals surface area (Å²) in [7, 11) is 0. The van der Waals surface area contributed by atoms with Gasteiger partial charge in [0.15, 0.2) is 11.6 Å². The van der Waals surface area contributed by atoms with Crippen molar-refractivity contribution < 1.29 is 4.74 Å². The Morgan fingerprint density at radius 2 is 2.07 bits per heavy atom. The van der Waals surface area contributed by atoms with Crippen molar-refractivity contribution in [2.75, 3.05) is 24.2 Å². The standard InChI is InChI=1S/C22H29N5O/c1-3-4-10-25-21-20(14-26-22(23)27-21)28-15-19-13-24-12-18(19)11-16(2)17-8-6-5-7-9-17/h5-9,12-14,16,18H,3-4,10-11,15H2,1-2H3,(H3,23,25,26,27)/t16-,18?/m0/s1. The first-order valence-corrected chi connectivity index (χ1v) is 9.93. The van der Waals surface area contributed by atoms with Crippen LogP contribution < -0.4 is 15.8 Å². The van der Waals surface area contributed by atoms with Gasteiger partial charge in [0, 0.05) is 24.9 Å². The number of unbranched alkanes of at least 4 members (excludes halogenated alkanes) is 1. The maximum atomic E-state index is 6.03. The predicted octanol–water partition coefficient (Wildman–Crippen LogP) is 4.43. The Bertz CT molecular complexity index is 819. The van der Waals surface area contributed by atoms with E-state index in [9.17, 15) is 0 Å². The van der Waals surface area contributed by atoms with Crippen molar-refractivity contribution in [3.05, 3.63) is 53.9 Å². The second-order valence-corrected chi connectivity index (χ2v) is 7.17. The van der Waals surface area contributed by atoms with Crippen LogP contribution in [0, 0.1) is 5.92 Å². The molecule has 2 heterocycles. The zero-order chi connectivity index (χ0) is 19.8. The Morgan fingerprint density at radius 1 is 1.25 bits per heavy atom. The van der Waals surface area contributed by atoms with Crippen LogP contribution in [0.4, 0.5) is 11.8 Å². The molecule has 1 aliphatic rings. The number of nitrogen functional groups attached to an aromatic ring is 1. The van der Waals surface area contributed by atoms with Crippen LogP contribution in [0.15, 0.2) is 53.3 Å². The minimum absolute atomic E-state index is 0.240. The fourth-order valence-electron chi connectivity index (χ4n) is 3.25. The zero-order valence-electron chi connectivity index (χ0n) is 16.6. The number of hydrogen-bond acceptors (Lipinski definition) is 6. The lowest BCUT2D eigenvalue weighted by molar-refractivity contribution is 0.339. The van der Waals surface area contributed by atoms with E-state index in [0.29, 0.717) is 24.1 Å². The lowest BCUT2D eigenvalue weighted by atomic mass is 9.88. The number of benzene rings is 1. The SMILES string of the molecule is CCCCNc1nc(N)ncc1OCC1=CN=CC1C[C@H](C)c1ccccc1. The van der Waals surface area contributed by atoms with Gasteiger partial charge >= 0.3 is 0 Å². The lowest BCUT2D eigenvalue weighted by Gasteiger charge is -2.19. The van der Waals surface area contributed by atoms with Crippen molar-refractivity contribution >= 4 is 18.0 Å². The van der Waals surface area contributed by atoms with Crippen LogP contribution >= 0.6 is 0 Å². The number of rotatable bonds is 10. The molecule has 0 radical (unpaired) electrons. The Labute approximate surface area is 167 Å². The minimum Gasteiger partial charge on any atom is -0.484 e. The summed E-state index contributed by atoms with van der Waals surface area (Å²) in [6.45, 7) is 5.69. The lowest BCUT2D eigenvalue weighted by Crippen LogP contribution is -2.14. The molecule has 1 aromatic carbocycles. The highest BCUT2D eigenvalue weighted by Gasteiger charge is 2.21. The van der Waals surface area contributed by atoms with Crippen molar-refractivity contribution in [2.45, 2.75) is 39.0 Å². The number of nitrogens with one attached hydrogen (secondary N) is 1. The van der Waals surface area contributed by atoms with Gasteiger partial charge in [-0.1, -0.05) is 50.6 Å². The van der Waals surface area contributed by atoms with Crippen LogP contribution in [0.2, 0.25) is 0 Å². The summed E-state index contributed by atoms with van der Waals surface area (Å²) in [5.74, 6) is 2.23. The number of aromatic nitrogens is 2. The molecule has 1 unspecified atom stereocenters. The monoisotopic (exact) mass is 379 g/mol. The minimum atomic E-state index is 0.240. The molecule has 6 heteroatoms. The highest BCUT2D eigenvalue weighted by atomic mass is 16.5. The van der Waals surface area contributed by atoms with Crippen LogP contribution in [-0.4, -0.2) is 29.3 Å². The van der Waals surface area contributed by atoms with E-state index in [4.69, 9.17) is 10.5 Å². The first-order valence-electron chi connectivity index (χ1n) is 9.93. The molecule has 0 saturated heterocycles. The first-order chi connectivity index (χ1) is 13.7. The highest BCUT2D eigenvalue weighted by molar-refractivity contribution is 5.69. The molecule has 28 heavy (non-hydrogen) atoms. The molecule has 3 rings (SSSR count). The van der Waals surface area contributed by atoms with Crippen molar-refractivity contribution in [3.8, 4) is 5.75 Å². The van der Waals surface area contributed by atoms with E-state index in [-0.39, 0.29) is 11.9 Å². The Kier molecular flexibility index (Phi) is 7.00. The van der Waals surface area contributed by atoms with Crippen molar-refractivity contribution in [1.29, 1.82) is 0 Å². The first kappa shape index (κ1) is 19.9. The predicted molar refractivity (Wildman–Crippen MR) is 115 cm³/mol. The van der Waals surface area contributed by atoms with Crippen molar-refractivity contribution in [3.63, 3.8) is 0 Å². The maximum Gasteiger partial charge on any atom is 0.222 e. The molecule has 0 aliphatic carbocycles. The molecule has 2 aromatic rings. The van der Waals surface area contributed by atoms with Crippen LogP contribution in [0.25, 0.3) is 0 Å². The molecular formula is C22H29N5O. The van der Waals surface area contributed by atoms with E-state index >= 15 is 0 Å². The van der Waals surface area contributed by atoms with E-state index in [0.717, 1.165) is 25.8 Å². The molecule has 0 amide bonds. The molecule has 0 saturated carbocycles. The van der Waals surface area contributed by atoms with E-state index in [1.807, 2.05) is 18.5 Å². The third-order valence-electron chi connectivity index (χ3n) is 4.95. The fourth-order valence-corrected chi connectivity index (χ4v) is 3.25. The smallest absolute Gasteiger partial charge is 0.222 e. The van der Waals surface area contributed by atoms with E-state index in [1.165, 1.54) is 11.1 Å². The van der Waals surface area contributed by atoms with Crippen LogP contribution in [0.5, 0.6) is 5.75 Å². The number of anilines is 2. The molecule has 1 aliphatic heterocycles. The summed E-state index contributed by atoms with van der Waals surface area (Å²) >= 11 is 0. The number of aliphatic imine (C=N–C) groups is 1. The maximum absolute atomic E-state index is 6.03. The summed E-state index contributed by atoms with van der Waals surface area (Å²) in [4.78, 5) is 12.7. The van der Waals surface area contributed by atoms with Gasteiger partial charge in [0.1, 0.15) is 6.61 Å². The number of ether oxygens (including phenoxy) is 1. The van der Waals surface area contributed by atoms with Gasteiger partial charge in [-0.05, 0) is 29.9 Å².